The fraction of sp³-hybridized carbons (Fsp3) is 0.211. The van der Waals surface area contributed by atoms with E-state index in [2.05, 4.69) is 35.0 Å². The lowest BCUT2D eigenvalue weighted by Gasteiger charge is -2.09. The summed E-state index contributed by atoms with van der Waals surface area (Å²) in [6, 6.07) is 18.6. The molecule has 0 saturated carbocycles. The number of fused-ring (bicyclic) bond motifs is 1. The van der Waals surface area contributed by atoms with Crippen LogP contribution in [-0.2, 0) is 6.54 Å². The van der Waals surface area contributed by atoms with Crippen molar-refractivity contribution >= 4 is 11.3 Å². The molecule has 0 radical (unpaired) electrons. The molecular weight excluding hydrogens is 304 g/mol. The number of ether oxygens (including phenoxy) is 1. The van der Waals surface area contributed by atoms with Gasteiger partial charge in [0.2, 0.25) is 0 Å². The summed E-state index contributed by atoms with van der Waals surface area (Å²) in [5.41, 5.74) is 3.54. The van der Waals surface area contributed by atoms with Crippen LogP contribution in [0.1, 0.15) is 16.5 Å². The Balaban J connectivity index is 1.35. The molecule has 0 aliphatic carbocycles. The Labute approximate surface area is 140 Å². The highest BCUT2D eigenvalue weighted by molar-refractivity contribution is 7.09. The third kappa shape index (κ3) is 3.14. The van der Waals surface area contributed by atoms with E-state index in [0.717, 1.165) is 36.1 Å². The van der Waals surface area contributed by atoms with Crippen molar-refractivity contribution in [3.8, 4) is 17.0 Å². The normalized spacial score (nSPS) is 16.1. The second-order valence-corrected chi connectivity index (χ2v) is 6.61. The maximum Gasteiger partial charge on any atom is 0.122 e. The summed E-state index contributed by atoms with van der Waals surface area (Å²) in [5, 5.41) is 6.76. The predicted molar refractivity (Wildman–Crippen MR) is 93.9 cm³/mol. The maximum atomic E-state index is 5.72. The number of thiazole rings is 1. The molecule has 23 heavy (non-hydrogen) atoms. The molecule has 0 fully saturated rings. The molecule has 2 aromatic carbocycles. The summed E-state index contributed by atoms with van der Waals surface area (Å²) in [6.07, 6.45) is 0. The van der Waals surface area contributed by atoms with Crippen molar-refractivity contribution in [1.29, 1.82) is 0 Å². The van der Waals surface area contributed by atoms with Crippen LogP contribution in [0.3, 0.4) is 0 Å². The summed E-state index contributed by atoms with van der Waals surface area (Å²) in [4.78, 5) is 4.71. The van der Waals surface area contributed by atoms with Gasteiger partial charge < -0.3 is 10.1 Å². The van der Waals surface area contributed by atoms with Gasteiger partial charge in [-0.2, -0.15) is 0 Å². The number of hydrogen-bond donors (Lipinski definition) is 1. The van der Waals surface area contributed by atoms with Gasteiger partial charge in [0.05, 0.1) is 12.3 Å². The number of aromatic nitrogens is 1. The molecule has 116 valence electrons. The van der Waals surface area contributed by atoms with Crippen LogP contribution in [0.2, 0.25) is 0 Å². The van der Waals surface area contributed by atoms with Gasteiger partial charge in [-0.1, -0.05) is 48.5 Å². The monoisotopic (exact) mass is 322 g/mol. The first-order chi connectivity index (χ1) is 11.4. The van der Waals surface area contributed by atoms with Gasteiger partial charge >= 0.3 is 0 Å². The van der Waals surface area contributed by atoms with Crippen molar-refractivity contribution in [2.75, 3.05) is 13.2 Å². The van der Waals surface area contributed by atoms with Gasteiger partial charge in [-0.05, 0) is 6.07 Å². The van der Waals surface area contributed by atoms with Crippen molar-refractivity contribution in [2.45, 2.75) is 12.5 Å². The van der Waals surface area contributed by atoms with Crippen LogP contribution < -0.4 is 10.1 Å². The zero-order valence-corrected chi connectivity index (χ0v) is 13.6. The molecule has 1 unspecified atom stereocenters. The minimum atomic E-state index is 0.430. The first-order valence-corrected chi connectivity index (χ1v) is 8.70. The Kier molecular flexibility index (Phi) is 4.09. The summed E-state index contributed by atoms with van der Waals surface area (Å²) >= 11 is 1.71. The van der Waals surface area contributed by atoms with Crippen LogP contribution >= 0.6 is 11.3 Å². The topological polar surface area (TPSA) is 34.1 Å². The minimum Gasteiger partial charge on any atom is -0.493 e. The SMILES string of the molecule is c1ccc(-c2csc(CNCC3COc4ccccc43)n2)cc1. The fourth-order valence-electron chi connectivity index (χ4n) is 2.89. The zero-order chi connectivity index (χ0) is 15.5. The van der Waals surface area contributed by atoms with E-state index in [-0.39, 0.29) is 0 Å². The summed E-state index contributed by atoms with van der Waals surface area (Å²) < 4.78 is 5.72. The molecule has 3 nitrogen and oxygen atoms in total. The van der Waals surface area contributed by atoms with Crippen molar-refractivity contribution in [3.63, 3.8) is 0 Å². The predicted octanol–water partition coefficient (Wildman–Crippen LogP) is 4.08. The first-order valence-electron chi connectivity index (χ1n) is 7.82. The van der Waals surface area contributed by atoms with Gasteiger partial charge in [0.25, 0.3) is 0 Å². The Bertz CT molecular complexity index is 785. The van der Waals surface area contributed by atoms with Gasteiger partial charge in [0, 0.05) is 35.5 Å². The lowest BCUT2D eigenvalue weighted by Crippen LogP contribution is -2.22. The van der Waals surface area contributed by atoms with E-state index in [4.69, 9.17) is 9.72 Å². The van der Waals surface area contributed by atoms with Crippen molar-refractivity contribution in [3.05, 3.63) is 70.5 Å². The number of nitrogens with zero attached hydrogens (tertiary/aromatic N) is 1. The van der Waals surface area contributed by atoms with E-state index in [1.807, 2.05) is 30.3 Å². The van der Waals surface area contributed by atoms with Gasteiger partial charge in [-0.25, -0.2) is 4.98 Å². The van der Waals surface area contributed by atoms with Gasteiger partial charge in [0.1, 0.15) is 10.8 Å². The Morgan fingerprint density at radius 3 is 2.83 bits per heavy atom. The summed E-state index contributed by atoms with van der Waals surface area (Å²) in [5.74, 6) is 1.46. The molecule has 0 bridgehead atoms. The molecule has 3 aromatic rings. The number of hydrogen-bond acceptors (Lipinski definition) is 4. The highest BCUT2D eigenvalue weighted by atomic mass is 32.1. The zero-order valence-electron chi connectivity index (χ0n) is 12.7. The Morgan fingerprint density at radius 1 is 1.09 bits per heavy atom. The quantitative estimate of drug-likeness (QED) is 0.769. The fourth-order valence-corrected chi connectivity index (χ4v) is 3.66. The molecule has 1 aliphatic rings. The molecule has 0 spiro atoms. The van der Waals surface area contributed by atoms with E-state index in [1.54, 1.807) is 11.3 Å². The van der Waals surface area contributed by atoms with Crippen molar-refractivity contribution in [1.82, 2.24) is 10.3 Å². The highest BCUT2D eigenvalue weighted by Crippen LogP contribution is 2.32. The average Bonchev–Trinajstić information content (AvgIpc) is 3.23. The Hall–Kier alpha value is -2.17. The van der Waals surface area contributed by atoms with Crippen LogP contribution in [0, 0.1) is 0 Å². The molecule has 4 heteroatoms. The van der Waals surface area contributed by atoms with Crippen LogP contribution in [0.5, 0.6) is 5.75 Å². The van der Waals surface area contributed by atoms with Gasteiger partial charge in [-0.15, -0.1) is 11.3 Å². The largest absolute Gasteiger partial charge is 0.493 e. The van der Waals surface area contributed by atoms with Crippen molar-refractivity contribution < 1.29 is 4.74 Å². The summed E-state index contributed by atoms with van der Waals surface area (Å²) in [7, 11) is 0. The molecule has 1 aromatic heterocycles. The molecule has 1 N–H and O–H groups in total. The molecule has 0 saturated heterocycles. The molecule has 1 atom stereocenters. The molecule has 1 aliphatic heterocycles. The number of para-hydroxylation sites is 1. The second-order valence-electron chi connectivity index (χ2n) is 5.67. The maximum absolute atomic E-state index is 5.72. The van der Waals surface area contributed by atoms with E-state index in [1.165, 1.54) is 11.1 Å². The minimum absolute atomic E-state index is 0.430. The van der Waals surface area contributed by atoms with E-state index < -0.39 is 0 Å². The van der Waals surface area contributed by atoms with Crippen molar-refractivity contribution in [2.24, 2.45) is 0 Å². The average molecular weight is 322 g/mol. The van der Waals surface area contributed by atoms with Crippen LogP contribution in [-0.4, -0.2) is 18.1 Å². The lowest BCUT2D eigenvalue weighted by molar-refractivity contribution is 0.326. The Morgan fingerprint density at radius 2 is 1.91 bits per heavy atom. The lowest BCUT2D eigenvalue weighted by atomic mass is 10.0. The van der Waals surface area contributed by atoms with Crippen LogP contribution in [0.15, 0.2) is 60.0 Å². The highest BCUT2D eigenvalue weighted by Gasteiger charge is 2.22. The number of rotatable bonds is 5. The first kappa shape index (κ1) is 14.4. The van der Waals surface area contributed by atoms with E-state index in [0.29, 0.717) is 5.92 Å². The van der Waals surface area contributed by atoms with Gasteiger partial charge in [0.15, 0.2) is 0 Å². The standard InChI is InChI=1S/C19H18N2OS/c1-2-6-14(7-3-1)17-13-23-19(21-17)11-20-10-15-12-22-18-9-5-4-8-16(15)18/h1-9,13,15,20H,10-12H2. The number of benzene rings is 2. The third-order valence-corrected chi connectivity index (χ3v) is 4.94. The molecule has 4 rings (SSSR count). The van der Waals surface area contributed by atoms with E-state index >= 15 is 0 Å². The number of nitrogens with one attached hydrogen (secondary N) is 1. The van der Waals surface area contributed by atoms with Gasteiger partial charge in [-0.3, -0.25) is 0 Å². The summed E-state index contributed by atoms with van der Waals surface area (Å²) in [6.45, 7) is 2.48. The second kappa shape index (κ2) is 6.52. The smallest absolute Gasteiger partial charge is 0.122 e. The molecule has 2 heterocycles. The molecule has 0 amide bonds. The van der Waals surface area contributed by atoms with Crippen LogP contribution in [0.4, 0.5) is 0 Å². The third-order valence-electron chi connectivity index (χ3n) is 4.09. The molecular formula is C19H18N2OS. The van der Waals surface area contributed by atoms with E-state index in [9.17, 15) is 0 Å². The van der Waals surface area contributed by atoms with Crippen LogP contribution in [0.25, 0.3) is 11.3 Å².